The summed E-state index contributed by atoms with van der Waals surface area (Å²) in [5.74, 6) is 1.10. The maximum Gasteiger partial charge on any atom is 0.232 e. The molecule has 28 heavy (non-hydrogen) atoms. The van der Waals surface area contributed by atoms with Crippen LogP contribution in [-0.4, -0.2) is 31.4 Å². The van der Waals surface area contributed by atoms with Crippen LogP contribution in [0.15, 0.2) is 78.9 Å². The Bertz CT molecular complexity index is 924. The number of hydrogen-bond donors (Lipinski definition) is 1. The summed E-state index contributed by atoms with van der Waals surface area (Å²) in [5, 5.41) is 3.18. The molecule has 1 atom stereocenters. The van der Waals surface area contributed by atoms with E-state index in [1.165, 1.54) is 5.56 Å². The second-order valence-electron chi connectivity index (χ2n) is 7.25. The van der Waals surface area contributed by atoms with Crippen LogP contribution in [0.2, 0.25) is 0 Å². The van der Waals surface area contributed by atoms with Crippen LogP contribution in [0.5, 0.6) is 11.5 Å². The summed E-state index contributed by atoms with van der Waals surface area (Å²) in [6.45, 7) is 0.539. The predicted octanol–water partition coefficient (Wildman–Crippen LogP) is 4.34. The molecule has 0 aromatic heterocycles. The molecular formula is C24H24N2O2. The van der Waals surface area contributed by atoms with E-state index in [1.54, 1.807) is 0 Å². The fourth-order valence-corrected chi connectivity index (χ4v) is 3.77. The Kier molecular flexibility index (Phi) is 5.13. The molecule has 1 amide bonds. The molecule has 1 N–H and O–H groups in total. The molecule has 1 aliphatic heterocycles. The SMILES string of the molecule is CN(C)[C@H](CNC(=O)C1c2ccccc2Oc2ccccc21)c1ccccc1. The van der Waals surface area contributed by atoms with Crippen molar-refractivity contribution in [2.24, 2.45) is 0 Å². The first kappa shape index (κ1) is 18.3. The number of nitrogens with zero attached hydrogens (tertiary/aromatic N) is 1. The van der Waals surface area contributed by atoms with Gasteiger partial charge in [-0.3, -0.25) is 4.79 Å². The van der Waals surface area contributed by atoms with Crippen LogP contribution in [0.1, 0.15) is 28.7 Å². The normalized spacial score (nSPS) is 14.0. The molecule has 0 saturated carbocycles. The number of ether oxygens (including phenoxy) is 1. The van der Waals surface area contributed by atoms with Gasteiger partial charge >= 0.3 is 0 Å². The van der Waals surface area contributed by atoms with Gasteiger partial charge in [0, 0.05) is 17.7 Å². The Labute approximate surface area is 165 Å². The van der Waals surface area contributed by atoms with Gasteiger partial charge in [-0.25, -0.2) is 0 Å². The summed E-state index contributed by atoms with van der Waals surface area (Å²) in [7, 11) is 4.06. The molecular weight excluding hydrogens is 348 g/mol. The number of rotatable bonds is 5. The zero-order chi connectivity index (χ0) is 19.5. The summed E-state index contributed by atoms with van der Waals surface area (Å²) in [6.07, 6.45) is 0. The number of para-hydroxylation sites is 2. The van der Waals surface area contributed by atoms with Crippen molar-refractivity contribution in [2.75, 3.05) is 20.6 Å². The first-order valence-corrected chi connectivity index (χ1v) is 9.50. The lowest BCUT2D eigenvalue weighted by Crippen LogP contribution is -2.38. The number of carbonyl (C=O) groups excluding carboxylic acids is 1. The van der Waals surface area contributed by atoms with Crippen molar-refractivity contribution >= 4 is 5.91 Å². The first-order chi connectivity index (χ1) is 13.6. The van der Waals surface area contributed by atoms with Crippen LogP contribution in [0.25, 0.3) is 0 Å². The van der Waals surface area contributed by atoms with Crippen LogP contribution in [0, 0.1) is 0 Å². The number of carbonyl (C=O) groups is 1. The second-order valence-corrected chi connectivity index (χ2v) is 7.25. The summed E-state index contributed by atoms with van der Waals surface area (Å²) < 4.78 is 6.00. The molecule has 4 nitrogen and oxygen atoms in total. The highest BCUT2D eigenvalue weighted by Crippen LogP contribution is 2.43. The molecule has 0 radical (unpaired) electrons. The van der Waals surface area contributed by atoms with Crippen LogP contribution in [0.4, 0.5) is 0 Å². The minimum absolute atomic E-state index is 0.00835. The largest absolute Gasteiger partial charge is 0.457 e. The molecule has 3 aromatic carbocycles. The van der Waals surface area contributed by atoms with Gasteiger partial charge in [0.25, 0.3) is 0 Å². The highest BCUT2D eigenvalue weighted by Gasteiger charge is 2.32. The van der Waals surface area contributed by atoms with Gasteiger partial charge in [0.2, 0.25) is 5.91 Å². The Hall–Kier alpha value is -3.11. The average molecular weight is 372 g/mol. The highest BCUT2D eigenvalue weighted by atomic mass is 16.5. The third-order valence-electron chi connectivity index (χ3n) is 5.22. The van der Waals surface area contributed by atoms with Crippen LogP contribution in [-0.2, 0) is 4.79 Å². The van der Waals surface area contributed by atoms with Gasteiger partial charge in [-0.1, -0.05) is 66.7 Å². The number of amides is 1. The summed E-state index contributed by atoms with van der Waals surface area (Å²) in [6, 6.07) is 25.9. The Morgan fingerprint density at radius 1 is 0.893 bits per heavy atom. The van der Waals surface area contributed by atoms with E-state index in [4.69, 9.17) is 4.74 Å². The Morgan fingerprint density at radius 3 is 2.00 bits per heavy atom. The van der Waals surface area contributed by atoms with Crippen LogP contribution < -0.4 is 10.1 Å². The van der Waals surface area contributed by atoms with Gasteiger partial charge in [-0.05, 0) is 31.8 Å². The number of likely N-dealkylation sites (N-methyl/N-ethyl adjacent to an activating group) is 1. The van der Waals surface area contributed by atoms with E-state index in [1.807, 2.05) is 80.8 Å². The third-order valence-corrected chi connectivity index (χ3v) is 5.22. The Balaban J connectivity index is 1.60. The van der Waals surface area contributed by atoms with E-state index in [9.17, 15) is 4.79 Å². The van der Waals surface area contributed by atoms with Gasteiger partial charge in [0.05, 0.1) is 12.0 Å². The van der Waals surface area contributed by atoms with Gasteiger partial charge in [0.15, 0.2) is 0 Å². The van der Waals surface area contributed by atoms with Gasteiger partial charge in [-0.15, -0.1) is 0 Å². The zero-order valence-corrected chi connectivity index (χ0v) is 16.1. The zero-order valence-electron chi connectivity index (χ0n) is 16.1. The molecule has 0 bridgehead atoms. The van der Waals surface area contributed by atoms with Gasteiger partial charge in [-0.2, -0.15) is 0 Å². The monoisotopic (exact) mass is 372 g/mol. The molecule has 3 aromatic rings. The number of hydrogen-bond acceptors (Lipinski definition) is 3. The smallest absolute Gasteiger partial charge is 0.232 e. The fourth-order valence-electron chi connectivity index (χ4n) is 3.77. The van der Waals surface area contributed by atoms with Gasteiger partial charge < -0.3 is 15.0 Å². The van der Waals surface area contributed by atoms with E-state index < -0.39 is 0 Å². The van der Waals surface area contributed by atoms with Crippen molar-refractivity contribution < 1.29 is 9.53 Å². The minimum Gasteiger partial charge on any atom is -0.457 e. The number of nitrogens with one attached hydrogen (secondary N) is 1. The Morgan fingerprint density at radius 2 is 1.43 bits per heavy atom. The van der Waals surface area contributed by atoms with Crippen molar-refractivity contribution in [3.8, 4) is 11.5 Å². The van der Waals surface area contributed by atoms with E-state index in [0.717, 1.165) is 22.6 Å². The van der Waals surface area contributed by atoms with Gasteiger partial charge in [0.1, 0.15) is 11.5 Å². The summed E-state index contributed by atoms with van der Waals surface area (Å²) >= 11 is 0. The lowest BCUT2D eigenvalue weighted by molar-refractivity contribution is -0.122. The molecule has 4 heteroatoms. The molecule has 0 unspecified atom stereocenters. The first-order valence-electron chi connectivity index (χ1n) is 9.50. The lowest BCUT2D eigenvalue weighted by Gasteiger charge is -2.29. The molecule has 142 valence electrons. The molecule has 0 fully saturated rings. The lowest BCUT2D eigenvalue weighted by atomic mass is 9.87. The summed E-state index contributed by atoms with van der Waals surface area (Å²) in [4.78, 5) is 15.4. The van der Waals surface area contributed by atoms with Crippen molar-refractivity contribution in [1.82, 2.24) is 10.2 Å². The maximum absolute atomic E-state index is 13.3. The molecule has 1 heterocycles. The van der Waals surface area contributed by atoms with Crippen LogP contribution >= 0.6 is 0 Å². The topological polar surface area (TPSA) is 41.6 Å². The van der Waals surface area contributed by atoms with Crippen molar-refractivity contribution in [3.63, 3.8) is 0 Å². The predicted molar refractivity (Wildman–Crippen MR) is 111 cm³/mol. The molecule has 4 rings (SSSR count). The maximum atomic E-state index is 13.3. The van der Waals surface area contributed by atoms with E-state index in [0.29, 0.717) is 6.54 Å². The number of benzene rings is 3. The summed E-state index contributed by atoms with van der Waals surface area (Å²) in [5.41, 5.74) is 2.99. The highest BCUT2D eigenvalue weighted by molar-refractivity contribution is 5.89. The molecule has 1 aliphatic rings. The molecule has 0 spiro atoms. The quantitative estimate of drug-likeness (QED) is 0.724. The minimum atomic E-state index is -0.375. The van der Waals surface area contributed by atoms with Crippen LogP contribution in [0.3, 0.4) is 0 Å². The fraction of sp³-hybridized carbons (Fsp3) is 0.208. The van der Waals surface area contributed by atoms with E-state index >= 15 is 0 Å². The molecule has 0 aliphatic carbocycles. The average Bonchev–Trinajstić information content (AvgIpc) is 2.72. The van der Waals surface area contributed by atoms with E-state index in [-0.39, 0.29) is 17.9 Å². The third kappa shape index (κ3) is 3.51. The van der Waals surface area contributed by atoms with Crippen molar-refractivity contribution in [2.45, 2.75) is 12.0 Å². The van der Waals surface area contributed by atoms with Crippen molar-refractivity contribution in [3.05, 3.63) is 95.6 Å². The number of fused-ring (bicyclic) bond motifs is 2. The van der Waals surface area contributed by atoms with Crippen molar-refractivity contribution in [1.29, 1.82) is 0 Å². The second kappa shape index (κ2) is 7.87. The van der Waals surface area contributed by atoms with E-state index in [2.05, 4.69) is 22.3 Å². The molecule has 0 saturated heterocycles. The standard InChI is InChI=1S/C24H24N2O2/c1-26(2)20(17-10-4-3-5-11-17)16-25-24(27)23-18-12-6-8-14-21(18)28-22-15-9-7-13-19(22)23/h3-15,20,23H,16H2,1-2H3,(H,25,27)/t20-/m1/s1.